The Hall–Kier alpha value is -1.09. The number of pyridine rings is 1. The molecule has 20 heavy (non-hydrogen) atoms. The van der Waals surface area contributed by atoms with Crippen LogP contribution in [-0.4, -0.2) is 24.1 Å². The highest BCUT2D eigenvalue weighted by Gasteiger charge is 2.21. The van der Waals surface area contributed by atoms with E-state index in [4.69, 9.17) is 10.7 Å². The fourth-order valence-electron chi connectivity index (χ4n) is 2.87. The molecule has 1 aromatic rings. The zero-order chi connectivity index (χ0) is 14.5. The quantitative estimate of drug-likeness (QED) is 0.830. The van der Waals surface area contributed by atoms with Crippen molar-refractivity contribution in [1.82, 2.24) is 4.98 Å². The largest absolute Gasteiger partial charge is 0.356 e. The van der Waals surface area contributed by atoms with Gasteiger partial charge in [-0.2, -0.15) is 0 Å². The molecule has 1 atom stereocenters. The lowest BCUT2D eigenvalue weighted by Crippen LogP contribution is -2.33. The van der Waals surface area contributed by atoms with Crippen LogP contribution in [-0.2, 0) is 6.42 Å². The molecule has 3 nitrogen and oxygen atoms in total. The topological polar surface area (TPSA) is 42.1 Å². The van der Waals surface area contributed by atoms with Gasteiger partial charge in [0.05, 0.1) is 0 Å². The molecule has 1 fully saturated rings. The molecule has 1 saturated carbocycles. The Kier molecular flexibility index (Phi) is 5.41. The molecule has 0 spiro atoms. The zero-order valence-electron chi connectivity index (χ0n) is 13.2. The first-order valence-electron chi connectivity index (χ1n) is 8.10. The van der Waals surface area contributed by atoms with Crippen molar-refractivity contribution in [2.45, 2.75) is 58.9 Å². The summed E-state index contributed by atoms with van der Waals surface area (Å²) in [4.78, 5) is 7.15. The lowest BCUT2D eigenvalue weighted by molar-refractivity contribution is 0.318. The molecule has 1 heterocycles. The highest BCUT2D eigenvalue weighted by Crippen LogP contribution is 2.29. The fourth-order valence-corrected chi connectivity index (χ4v) is 2.87. The van der Waals surface area contributed by atoms with Crippen LogP contribution in [0.25, 0.3) is 0 Å². The van der Waals surface area contributed by atoms with Gasteiger partial charge in [0, 0.05) is 25.3 Å². The maximum absolute atomic E-state index is 6.03. The van der Waals surface area contributed by atoms with Crippen LogP contribution in [0, 0.1) is 12.8 Å². The van der Waals surface area contributed by atoms with Crippen molar-refractivity contribution in [1.29, 1.82) is 0 Å². The third-order valence-corrected chi connectivity index (χ3v) is 4.51. The van der Waals surface area contributed by atoms with E-state index in [-0.39, 0.29) is 6.04 Å². The van der Waals surface area contributed by atoms with Crippen molar-refractivity contribution in [2.24, 2.45) is 11.7 Å². The summed E-state index contributed by atoms with van der Waals surface area (Å²) in [6.45, 7) is 8.74. The third kappa shape index (κ3) is 3.72. The minimum atomic E-state index is 0.249. The minimum absolute atomic E-state index is 0.249. The Labute approximate surface area is 123 Å². The first-order valence-corrected chi connectivity index (χ1v) is 8.10. The Morgan fingerprint density at radius 2 is 2.15 bits per heavy atom. The van der Waals surface area contributed by atoms with Crippen LogP contribution in [0.3, 0.4) is 0 Å². The standard InChI is InChI=1S/C17H29N3/c1-4-16(18)10-15-9-13(3)17(19-11-15)20(5-2)12-14-7-6-8-14/h9,11,14,16H,4-8,10,12,18H2,1-3H3. The molecule has 0 aromatic carbocycles. The number of nitrogens with zero attached hydrogens (tertiary/aromatic N) is 2. The van der Waals surface area contributed by atoms with Gasteiger partial charge in [-0.15, -0.1) is 0 Å². The monoisotopic (exact) mass is 275 g/mol. The average Bonchev–Trinajstić information content (AvgIpc) is 2.39. The summed E-state index contributed by atoms with van der Waals surface area (Å²) in [5.41, 5.74) is 8.58. The van der Waals surface area contributed by atoms with E-state index in [1.807, 2.05) is 6.20 Å². The van der Waals surface area contributed by atoms with Gasteiger partial charge in [0.25, 0.3) is 0 Å². The van der Waals surface area contributed by atoms with Crippen LogP contribution >= 0.6 is 0 Å². The van der Waals surface area contributed by atoms with Gasteiger partial charge >= 0.3 is 0 Å². The van der Waals surface area contributed by atoms with Crippen molar-refractivity contribution < 1.29 is 0 Å². The Morgan fingerprint density at radius 3 is 2.65 bits per heavy atom. The molecule has 1 aromatic heterocycles. The zero-order valence-corrected chi connectivity index (χ0v) is 13.2. The van der Waals surface area contributed by atoms with Gasteiger partial charge in [-0.3, -0.25) is 0 Å². The molecule has 1 aliphatic rings. The first-order chi connectivity index (χ1) is 9.63. The molecular weight excluding hydrogens is 246 g/mol. The molecule has 3 heteroatoms. The second kappa shape index (κ2) is 7.07. The predicted molar refractivity (Wildman–Crippen MR) is 86.2 cm³/mol. The maximum Gasteiger partial charge on any atom is 0.131 e. The molecule has 2 rings (SSSR count). The Morgan fingerprint density at radius 1 is 1.40 bits per heavy atom. The smallest absolute Gasteiger partial charge is 0.131 e. The van der Waals surface area contributed by atoms with Gasteiger partial charge in [-0.05, 0) is 56.6 Å². The maximum atomic E-state index is 6.03. The summed E-state index contributed by atoms with van der Waals surface area (Å²) in [6.07, 6.45) is 8.14. The van der Waals surface area contributed by atoms with Gasteiger partial charge in [-0.25, -0.2) is 4.98 Å². The SMILES string of the molecule is CCC(N)Cc1cnc(N(CC)CC2CCC2)c(C)c1. The number of aryl methyl sites for hydroxylation is 1. The number of aromatic nitrogens is 1. The third-order valence-electron chi connectivity index (χ3n) is 4.51. The van der Waals surface area contributed by atoms with E-state index in [9.17, 15) is 0 Å². The number of rotatable bonds is 7. The predicted octanol–water partition coefficient (Wildman–Crippen LogP) is 3.30. The first kappa shape index (κ1) is 15.3. The van der Waals surface area contributed by atoms with Gasteiger partial charge in [-0.1, -0.05) is 19.4 Å². The van der Waals surface area contributed by atoms with Crippen LogP contribution in [0.4, 0.5) is 5.82 Å². The molecule has 2 N–H and O–H groups in total. The highest BCUT2D eigenvalue weighted by molar-refractivity contribution is 5.47. The molecule has 0 saturated heterocycles. The van der Waals surface area contributed by atoms with Crippen LogP contribution in [0.2, 0.25) is 0 Å². The second-order valence-corrected chi connectivity index (χ2v) is 6.19. The summed E-state index contributed by atoms with van der Waals surface area (Å²) >= 11 is 0. The van der Waals surface area contributed by atoms with Crippen molar-refractivity contribution in [3.63, 3.8) is 0 Å². The van der Waals surface area contributed by atoms with E-state index in [0.717, 1.165) is 37.7 Å². The van der Waals surface area contributed by atoms with E-state index < -0.39 is 0 Å². The number of anilines is 1. The van der Waals surface area contributed by atoms with E-state index in [0.29, 0.717) is 0 Å². The molecule has 0 radical (unpaired) electrons. The number of nitrogens with two attached hydrogens (primary N) is 1. The summed E-state index contributed by atoms with van der Waals surface area (Å²) in [7, 11) is 0. The van der Waals surface area contributed by atoms with Crippen molar-refractivity contribution >= 4 is 5.82 Å². The lowest BCUT2D eigenvalue weighted by atomic mass is 9.85. The Balaban J connectivity index is 2.06. The summed E-state index contributed by atoms with van der Waals surface area (Å²) in [5, 5.41) is 0. The van der Waals surface area contributed by atoms with Crippen molar-refractivity contribution in [3.8, 4) is 0 Å². The van der Waals surface area contributed by atoms with E-state index >= 15 is 0 Å². The van der Waals surface area contributed by atoms with Crippen molar-refractivity contribution in [2.75, 3.05) is 18.0 Å². The van der Waals surface area contributed by atoms with Crippen LogP contribution < -0.4 is 10.6 Å². The van der Waals surface area contributed by atoms with Gasteiger partial charge in [0.2, 0.25) is 0 Å². The molecule has 0 aliphatic heterocycles. The number of hydrogen-bond acceptors (Lipinski definition) is 3. The number of hydrogen-bond donors (Lipinski definition) is 1. The van der Waals surface area contributed by atoms with Crippen LogP contribution in [0.5, 0.6) is 0 Å². The fraction of sp³-hybridized carbons (Fsp3) is 0.706. The molecule has 0 amide bonds. The average molecular weight is 275 g/mol. The second-order valence-electron chi connectivity index (χ2n) is 6.19. The van der Waals surface area contributed by atoms with Gasteiger partial charge in [0.15, 0.2) is 0 Å². The molecular formula is C17H29N3. The summed E-state index contributed by atoms with van der Waals surface area (Å²) in [6, 6.07) is 2.51. The van der Waals surface area contributed by atoms with Crippen molar-refractivity contribution in [3.05, 3.63) is 23.4 Å². The van der Waals surface area contributed by atoms with Crippen LogP contribution in [0.15, 0.2) is 12.3 Å². The molecule has 0 bridgehead atoms. The van der Waals surface area contributed by atoms with E-state index in [2.05, 4.69) is 31.7 Å². The van der Waals surface area contributed by atoms with Gasteiger partial charge in [0.1, 0.15) is 5.82 Å². The molecule has 1 unspecified atom stereocenters. The lowest BCUT2D eigenvalue weighted by Gasteiger charge is -2.33. The molecule has 112 valence electrons. The molecule has 1 aliphatic carbocycles. The van der Waals surface area contributed by atoms with Crippen LogP contribution in [0.1, 0.15) is 50.7 Å². The summed E-state index contributed by atoms with van der Waals surface area (Å²) < 4.78 is 0. The summed E-state index contributed by atoms with van der Waals surface area (Å²) in [5.74, 6) is 2.04. The van der Waals surface area contributed by atoms with E-state index in [1.165, 1.54) is 30.4 Å². The minimum Gasteiger partial charge on any atom is -0.356 e. The highest BCUT2D eigenvalue weighted by atomic mass is 15.2. The normalized spacial score (nSPS) is 16.8. The van der Waals surface area contributed by atoms with E-state index in [1.54, 1.807) is 0 Å². The Bertz CT molecular complexity index is 426. The van der Waals surface area contributed by atoms with Gasteiger partial charge < -0.3 is 10.6 Å².